The number of hydrogen-bond donors (Lipinski definition) is 1. The molecule has 0 unspecified atom stereocenters. The summed E-state index contributed by atoms with van der Waals surface area (Å²) in [6, 6.07) is 3.84. The van der Waals surface area contributed by atoms with E-state index < -0.39 is 27.1 Å². The molecule has 0 saturated heterocycles. The molecule has 0 aliphatic rings. The number of carbonyl (C=O) groups is 1. The average molecular weight is 335 g/mol. The molecule has 0 radical (unpaired) electrons. The molecule has 1 amide bonds. The van der Waals surface area contributed by atoms with Crippen LogP contribution in [0, 0.1) is 27.2 Å². The van der Waals surface area contributed by atoms with Crippen LogP contribution in [0.5, 0.6) is 5.75 Å². The topological polar surface area (TPSA) is 142 Å². The van der Waals surface area contributed by atoms with E-state index in [0.717, 1.165) is 10.7 Å². The molecule has 1 N–H and O–H groups in total. The number of aromatic nitrogens is 2. The van der Waals surface area contributed by atoms with Gasteiger partial charge in [-0.15, -0.1) is 0 Å². The second-order valence-electron chi connectivity index (χ2n) is 4.76. The van der Waals surface area contributed by atoms with E-state index >= 15 is 0 Å². The lowest BCUT2D eigenvalue weighted by atomic mass is 10.2. The van der Waals surface area contributed by atoms with Gasteiger partial charge in [-0.1, -0.05) is 0 Å². The van der Waals surface area contributed by atoms with Crippen LogP contribution in [0.1, 0.15) is 16.2 Å². The van der Waals surface area contributed by atoms with E-state index in [1.54, 1.807) is 0 Å². The Labute approximate surface area is 135 Å². The number of benzene rings is 1. The number of nitro groups is 2. The Morgan fingerprint density at radius 2 is 1.96 bits per heavy atom. The van der Waals surface area contributed by atoms with Gasteiger partial charge in [0, 0.05) is 7.05 Å². The van der Waals surface area contributed by atoms with Gasteiger partial charge in [0.25, 0.3) is 11.6 Å². The van der Waals surface area contributed by atoms with Gasteiger partial charge in [-0.3, -0.25) is 29.7 Å². The summed E-state index contributed by atoms with van der Waals surface area (Å²) in [5.41, 5.74) is -1.20. The molecule has 0 atom stereocenters. The third-order valence-electron chi connectivity index (χ3n) is 3.24. The van der Waals surface area contributed by atoms with Crippen LogP contribution in [0.3, 0.4) is 0 Å². The highest BCUT2D eigenvalue weighted by atomic mass is 16.6. The number of anilines is 1. The first-order chi connectivity index (χ1) is 11.3. The van der Waals surface area contributed by atoms with E-state index in [9.17, 15) is 25.0 Å². The predicted octanol–water partition coefficient (Wildman–Crippen LogP) is 1.81. The monoisotopic (exact) mass is 335 g/mol. The van der Waals surface area contributed by atoms with Gasteiger partial charge in [-0.2, -0.15) is 5.10 Å². The van der Waals surface area contributed by atoms with E-state index in [2.05, 4.69) is 10.4 Å². The first-order valence-corrected chi connectivity index (χ1v) is 6.58. The van der Waals surface area contributed by atoms with Gasteiger partial charge >= 0.3 is 5.69 Å². The number of carbonyl (C=O) groups excluding carboxylic acids is 1. The van der Waals surface area contributed by atoms with Crippen molar-refractivity contribution < 1.29 is 19.4 Å². The molecule has 0 saturated carbocycles. The first kappa shape index (κ1) is 16.9. The zero-order valence-corrected chi connectivity index (χ0v) is 13.0. The number of nitro benzene ring substituents is 1. The maximum atomic E-state index is 12.4. The van der Waals surface area contributed by atoms with Crippen LogP contribution >= 0.6 is 0 Å². The van der Waals surface area contributed by atoms with Crippen LogP contribution in [0.15, 0.2) is 18.2 Å². The highest BCUT2D eigenvalue weighted by Gasteiger charge is 2.30. The molecule has 0 fully saturated rings. The molecule has 2 aromatic rings. The zero-order chi connectivity index (χ0) is 18.0. The fraction of sp³-hybridized carbons (Fsp3) is 0.231. The van der Waals surface area contributed by atoms with Crippen molar-refractivity contribution >= 4 is 23.0 Å². The Hall–Kier alpha value is -3.50. The lowest BCUT2D eigenvalue weighted by Gasteiger charge is -2.07. The number of methoxy groups -OCH3 is 1. The molecule has 11 heteroatoms. The molecule has 2 rings (SSSR count). The molecular formula is C13H13N5O6. The molecule has 0 aliphatic heterocycles. The van der Waals surface area contributed by atoms with Gasteiger partial charge in [0.05, 0.1) is 23.0 Å². The Morgan fingerprint density at radius 1 is 1.29 bits per heavy atom. The minimum absolute atomic E-state index is 0.0666. The van der Waals surface area contributed by atoms with Crippen LogP contribution < -0.4 is 10.1 Å². The molecule has 24 heavy (non-hydrogen) atoms. The van der Waals surface area contributed by atoms with Crippen LogP contribution in [0.25, 0.3) is 0 Å². The summed E-state index contributed by atoms with van der Waals surface area (Å²) in [6.07, 6.45) is 0. The van der Waals surface area contributed by atoms with E-state index in [1.165, 1.54) is 33.2 Å². The predicted molar refractivity (Wildman–Crippen MR) is 82.2 cm³/mol. The van der Waals surface area contributed by atoms with Crippen LogP contribution in [0.4, 0.5) is 17.1 Å². The molecule has 1 aromatic carbocycles. The van der Waals surface area contributed by atoms with Crippen molar-refractivity contribution in [3.05, 3.63) is 49.8 Å². The van der Waals surface area contributed by atoms with E-state index in [0.29, 0.717) is 0 Å². The number of ether oxygens (including phenoxy) is 1. The third-order valence-corrected chi connectivity index (χ3v) is 3.24. The van der Waals surface area contributed by atoms with E-state index in [-0.39, 0.29) is 22.8 Å². The number of aryl methyl sites for hydroxylation is 2. The van der Waals surface area contributed by atoms with Crippen molar-refractivity contribution in [3.63, 3.8) is 0 Å². The van der Waals surface area contributed by atoms with Gasteiger partial charge in [0.1, 0.15) is 17.1 Å². The van der Waals surface area contributed by atoms with Crippen molar-refractivity contribution in [3.8, 4) is 5.75 Å². The minimum Gasteiger partial charge on any atom is -0.496 e. The highest BCUT2D eigenvalue weighted by molar-refractivity contribution is 6.07. The number of nitrogens with one attached hydrogen (secondary N) is 1. The minimum atomic E-state index is -0.877. The summed E-state index contributed by atoms with van der Waals surface area (Å²) in [6.45, 7) is 1.39. The molecule has 0 spiro atoms. The smallest absolute Gasteiger partial charge is 0.322 e. The van der Waals surface area contributed by atoms with Gasteiger partial charge in [0.15, 0.2) is 0 Å². The summed E-state index contributed by atoms with van der Waals surface area (Å²) in [5, 5.41) is 28.4. The van der Waals surface area contributed by atoms with Crippen LogP contribution in [-0.4, -0.2) is 32.6 Å². The fourth-order valence-electron chi connectivity index (χ4n) is 2.20. The largest absolute Gasteiger partial charge is 0.496 e. The van der Waals surface area contributed by atoms with Crippen molar-refractivity contribution in [2.24, 2.45) is 7.05 Å². The number of amides is 1. The second kappa shape index (κ2) is 6.32. The van der Waals surface area contributed by atoms with Crippen molar-refractivity contribution in [1.29, 1.82) is 0 Å². The van der Waals surface area contributed by atoms with Crippen molar-refractivity contribution in [2.45, 2.75) is 6.92 Å². The molecule has 1 aromatic heterocycles. The van der Waals surface area contributed by atoms with E-state index in [1.807, 2.05) is 0 Å². The fourth-order valence-corrected chi connectivity index (χ4v) is 2.20. The van der Waals surface area contributed by atoms with Crippen molar-refractivity contribution in [2.75, 3.05) is 12.4 Å². The Balaban J connectivity index is 2.45. The van der Waals surface area contributed by atoms with Crippen molar-refractivity contribution in [1.82, 2.24) is 9.78 Å². The maximum absolute atomic E-state index is 12.4. The maximum Gasteiger partial charge on any atom is 0.322 e. The zero-order valence-electron chi connectivity index (χ0n) is 13.0. The lowest BCUT2D eigenvalue weighted by Crippen LogP contribution is -2.18. The number of hydrogen-bond acceptors (Lipinski definition) is 7. The van der Waals surface area contributed by atoms with Crippen LogP contribution in [-0.2, 0) is 7.05 Å². The third kappa shape index (κ3) is 2.99. The highest BCUT2D eigenvalue weighted by Crippen LogP contribution is 2.30. The summed E-state index contributed by atoms with van der Waals surface area (Å²) < 4.78 is 5.96. The quantitative estimate of drug-likeness (QED) is 0.648. The summed E-state index contributed by atoms with van der Waals surface area (Å²) in [7, 11) is 2.72. The summed E-state index contributed by atoms with van der Waals surface area (Å²) >= 11 is 0. The second-order valence-corrected chi connectivity index (χ2v) is 4.76. The summed E-state index contributed by atoms with van der Waals surface area (Å²) in [4.78, 5) is 33.2. The first-order valence-electron chi connectivity index (χ1n) is 6.58. The lowest BCUT2D eigenvalue weighted by molar-refractivity contribution is -0.385. The SMILES string of the molecule is COc1ccc(NC(=O)c2c([N+](=O)[O-])c(C)nn2C)c([N+](=O)[O-])c1. The standard InChI is InChI=1S/C13H13N5O6/c1-7-11(18(22)23)12(16(2)15-7)13(19)14-9-5-4-8(24-3)6-10(9)17(20)21/h4-6H,1-3H3,(H,14,19). The van der Waals surface area contributed by atoms with Gasteiger partial charge < -0.3 is 10.1 Å². The average Bonchev–Trinajstić information content (AvgIpc) is 2.81. The van der Waals surface area contributed by atoms with Crippen LogP contribution in [0.2, 0.25) is 0 Å². The molecular weight excluding hydrogens is 322 g/mol. The molecule has 0 bridgehead atoms. The molecule has 126 valence electrons. The molecule has 0 aliphatic carbocycles. The normalized spacial score (nSPS) is 10.3. The van der Waals surface area contributed by atoms with E-state index in [4.69, 9.17) is 4.74 Å². The Kier molecular flexibility index (Phi) is 4.44. The molecule has 11 nitrogen and oxygen atoms in total. The Morgan fingerprint density at radius 3 is 2.50 bits per heavy atom. The molecule has 1 heterocycles. The summed E-state index contributed by atoms with van der Waals surface area (Å²) in [5.74, 6) is -0.639. The number of rotatable bonds is 5. The number of nitrogens with zero attached hydrogens (tertiary/aromatic N) is 4. The van der Waals surface area contributed by atoms with Gasteiger partial charge in [-0.05, 0) is 19.1 Å². The van der Waals surface area contributed by atoms with Gasteiger partial charge in [-0.25, -0.2) is 0 Å². The van der Waals surface area contributed by atoms with Gasteiger partial charge in [0.2, 0.25) is 5.69 Å². The Bertz CT molecular complexity index is 844.